The van der Waals surface area contributed by atoms with Crippen molar-refractivity contribution in [2.75, 3.05) is 0 Å². The Labute approximate surface area is 133 Å². The molecule has 0 saturated heterocycles. The second-order valence-corrected chi connectivity index (χ2v) is 6.68. The van der Waals surface area contributed by atoms with Crippen LogP contribution in [-0.2, 0) is 0 Å². The molecule has 0 aliphatic heterocycles. The molecule has 0 unspecified atom stereocenters. The van der Waals surface area contributed by atoms with Gasteiger partial charge in [0.05, 0.1) is 5.69 Å². The summed E-state index contributed by atoms with van der Waals surface area (Å²) in [6.45, 7) is 2.06. The second kappa shape index (κ2) is 5.90. The molecular weight excluding hydrogens is 336 g/mol. The van der Waals surface area contributed by atoms with Crippen LogP contribution >= 0.6 is 27.5 Å². The van der Waals surface area contributed by atoms with Gasteiger partial charge in [0.1, 0.15) is 4.60 Å². The molecule has 1 aromatic carbocycles. The van der Waals surface area contributed by atoms with Crippen LogP contribution in [0.3, 0.4) is 0 Å². The third-order valence-electron chi connectivity index (χ3n) is 4.08. The Kier molecular flexibility index (Phi) is 4.18. The van der Waals surface area contributed by atoms with Gasteiger partial charge < -0.3 is 0 Å². The average Bonchev–Trinajstić information content (AvgIpc) is 2.79. The van der Waals surface area contributed by atoms with E-state index >= 15 is 0 Å². The number of aryl methyl sites for hydroxylation is 1. The van der Waals surface area contributed by atoms with Crippen LogP contribution in [-0.4, -0.2) is 9.78 Å². The third-order valence-corrected chi connectivity index (χ3v) is 4.83. The van der Waals surface area contributed by atoms with E-state index in [4.69, 9.17) is 11.6 Å². The summed E-state index contributed by atoms with van der Waals surface area (Å²) in [7, 11) is 0. The van der Waals surface area contributed by atoms with Gasteiger partial charge in [0.2, 0.25) is 0 Å². The number of hydrogen-bond acceptors (Lipinski definition) is 1. The molecule has 1 aliphatic carbocycles. The molecule has 0 bridgehead atoms. The van der Waals surface area contributed by atoms with E-state index in [1.165, 1.54) is 37.7 Å². The van der Waals surface area contributed by atoms with Crippen molar-refractivity contribution in [3.8, 4) is 5.69 Å². The van der Waals surface area contributed by atoms with E-state index in [2.05, 4.69) is 46.2 Å². The van der Waals surface area contributed by atoms with Crippen LogP contribution in [0.2, 0.25) is 5.15 Å². The van der Waals surface area contributed by atoms with E-state index in [0.29, 0.717) is 11.1 Å². The highest BCUT2D eigenvalue weighted by Gasteiger charge is 2.17. The highest BCUT2D eigenvalue weighted by molar-refractivity contribution is 9.10. The largest absolute Gasteiger partial charge is 0.225 e. The van der Waals surface area contributed by atoms with Crippen molar-refractivity contribution in [2.45, 2.75) is 44.9 Å². The first kappa shape index (κ1) is 14.2. The summed E-state index contributed by atoms with van der Waals surface area (Å²) in [4.78, 5) is 0. The summed E-state index contributed by atoms with van der Waals surface area (Å²) in [5, 5.41) is 4.84. The molecule has 2 aromatic rings. The predicted molar refractivity (Wildman–Crippen MR) is 85.7 cm³/mol. The van der Waals surface area contributed by atoms with Crippen LogP contribution in [0.15, 0.2) is 22.8 Å². The Morgan fingerprint density at radius 1 is 1.30 bits per heavy atom. The lowest BCUT2D eigenvalue weighted by Gasteiger charge is -2.23. The van der Waals surface area contributed by atoms with Gasteiger partial charge in [-0.05, 0) is 64.9 Å². The lowest BCUT2D eigenvalue weighted by Crippen LogP contribution is -2.07. The molecule has 1 aromatic heterocycles. The minimum Gasteiger partial charge on any atom is -0.225 e. The van der Waals surface area contributed by atoms with Crippen LogP contribution < -0.4 is 0 Å². The minimum atomic E-state index is 0.499. The first-order chi connectivity index (χ1) is 9.65. The van der Waals surface area contributed by atoms with Gasteiger partial charge in [-0.15, -0.1) is 0 Å². The van der Waals surface area contributed by atoms with Crippen molar-refractivity contribution >= 4 is 27.5 Å². The molecule has 1 aliphatic rings. The molecule has 0 N–H and O–H groups in total. The topological polar surface area (TPSA) is 17.8 Å². The van der Waals surface area contributed by atoms with Gasteiger partial charge >= 0.3 is 0 Å². The fraction of sp³-hybridized carbons (Fsp3) is 0.438. The van der Waals surface area contributed by atoms with Gasteiger partial charge in [0, 0.05) is 6.07 Å². The predicted octanol–water partition coefficient (Wildman–Crippen LogP) is 5.44. The standard InChI is InChI=1S/C16H17BrClN2/c1-11-7-8-13(12-5-3-2-4-6-12)9-14(11)20-15(17)10-16(18)19-20/h8-10,12H,2-6H2,1H3. The van der Waals surface area contributed by atoms with Crippen molar-refractivity contribution in [1.29, 1.82) is 0 Å². The van der Waals surface area contributed by atoms with Crippen LogP contribution in [0, 0.1) is 13.0 Å². The summed E-state index contributed by atoms with van der Waals surface area (Å²) in [6, 6.07) is 9.58. The van der Waals surface area contributed by atoms with Crippen molar-refractivity contribution in [2.24, 2.45) is 0 Å². The van der Waals surface area contributed by atoms with Gasteiger partial charge in [-0.25, -0.2) is 4.68 Å². The maximum atomic E-state index is 5.98. The molecule has 4 heteroatoms. The molecule has 0 amide bonds. The van der Waals surface area contributed by atoms with Crippen LogP contribution in [0.4, 0.5) is 0 Å². The molecule has 0 spiro atoms. The molecule has 1 saturated carbocycles. The van der Waals surface area contributed by atoms with Crippen molar-refractivity contribution in [3.05, 3.63) is 45.1 Å². The highest BCUT2D eigenvalue weighted by Crippen LogP contribution is 2.34. The maximum Gasteiger partial charge on any atom is 0.152 e. The fourth-order valence-corrected chi connectivity index (χ4v) is 3.76. The van der Waals surface area contributed by atoms with Gasteiger partial charge in [0.25, 0.3) is 0 Å². The Morgan fingerprint density at radius 2 is 2.05 bits per heavy atom. The number of rotatable bonds is 2. The third kappa shape index (κ3) is 2.79. The lowest BCUT2D eigenvalue weighted by atomic mass is 9.83. The fourth-order valence-electron chi connectivity index (χ4n) is 2.97. The molecule has 1 heterocycles. The number of nitrogens with zero attached hydrogens (tertiary/aromatic N) is 2. The molecule has 0 atom stereocenters. The number of aromatic nitrogens is 2. The number of halogens is 2. The molecule has 105 valence electrons. The minimum absolute atomic E-state index is 0.499. The van der Waals surface area contributed by atoms with E-state index < -0.39 is 0 Å². The lowest BCUT2D eigenvalue weighted by molar-refractivity contribution is 0.443. The molecule has 1 radical (unpaired) electrons. The van der Waals surface area contributed by atoms with Crippen molar-refractivity contribution < 1.29 is 0 Å². The zero-order chi connectivity index (χ0) is 14.1. The first-order valence-electron chi connectivity index (χ1n) is 7.09. The zero-order valence-electron chi connectivity index (χ0n) is 11.5. The van der Waals surface area contributed by atoms with Gasteiger partial charge in [-0.3, -0.25) is 0 Å². The zero-order valence-corrected chi connectivity index (χ0v) is 13.8. The molecule has 3 rings (SSSR count). The molecule has 1 fully saturated rings. The van der Waals surface area contributed by atoms with Gasteiger partial charge in [0.15, 0.2) is 5.15 Å². The number of hydrogen-bond donors (Lipinski definition) is 0. The van der Waals surface area contributed by atoms with Crippen LogP contribution in [0.25, 0.3) is 5.69 Å². The Balaban J connectivity index is 2.00. The molecule has 20 heavy (non-hydrogen) atoms. The Morgan fingerprint density at radius 3 is 2.70 bits per heavy atom. The smallest absolute Gasteiger partial charge is 0.152 e. The average molecular weight is 353 g/mol. The Bertz CT molecular complexity index is 615. The SMILES string of the molecule is Cc1[c]cc(C2CCCCC2)cc1-n1nc(Cl)cc1Br. The normalized spacial score (nSPS) is 16.6. The van der Waals surface area contributed by atoms with E-state index in [9.17, 15) is 0 Å². The second-order valence-electron chi connectivity index (χ2n) is 5.48. The van der Waals surface area contributed by atoms with E-state index in [0.717, 1.165) is 15.9 Å². The summed E-state index contributed by atoms with van der Waals surface area (Å²) >= 11 is 9.49. The summed E-state index contributed by atoms with van der Waals surface area (Å²) in [6.07, 6.45) is 6.63. The van der Waals surface area contributed by atoms with E-state index in [1.54, 1.807) is 0 Å². The van der Waals surface area contributed by atoms with E-state index in [-0.39, 0.29) is 0 Å². The first-order valence-corrected chi connectivity index (χ1v) is 8.26. The van der Waals surface area contributed by atoms with Crippen LogP contribution in [0.5, 0.6) is 0 Å². The summed E-state index contributed by atoms with van der Waals surface area (Å²) in [5.41, 5.74) is 3.53. The molecule has 2 nitrogen and oxygen atoms in total. The summed E-state index contributed by atoms with van der Waals surface area (Å²) < 4.78 is 2.72. The van der Waals surface area contributed by atoms with Gasteiger partial charge in [-0.2, -0.15) is 5.10 Å². The van der Waals surface area contributed by atoms with Crippen molar-refractivity contribution in [3.63, 3.8) is 0 Å². The monoisotopic (exact) mass is 351 g/mol. The highest BCUT2D eigenvalue weighted by atomic mass is 79.9. The maximum absolute atomic E-state index is 5.98. The van der Waals surface area contributed by atoms with Gasteiger partial charge in [-0.1, -0.05) is 36.9 Å². The Hall–Kier alpha value is -0.800. The van der Waals surface area contributed by atoms with Crippen molar-refractivity contribution in [1.82, 2.24) is 9.78 Å². The van der Waals surface area contributed by atoms with E-state index in [1.807, 2.05) is 10.7 Å². The quantitative estimate of drug-likeness (QED) is 0.703. The number of benzene rings is 1. The molecular formula is C16H17BrClN2. The summed E-state index contributed by atoms with van der Waals surface area (Å²) in [5.74, 6) is 0.671. The van der Waals surface area contributed by atoms with Crippen LogP contribution in [0.1, 0.15) is 49.1 Å².